The van der Waals surface area contributed by atoms with Crippen LogP contribution in [0.1, 0.15) is 0 Å². The molecular weight excluding hydrogens is 587 g/mol. The van der Waals surface area contributed by atoms with E-state index in [0.29, 0.717) is 5.56 Å². The van der Waals surface area contributed by atoms with Crippen LogP contribution in [0.25, 0.3) is 22.4 Å². The fourth-order valence-electron chi connectivity index (χ4n) is 2.52. The first-order valence-corrected chi connectivity index (χ1v) is 11.1. The summed E-state index contributed by atoms with van der Waals surface area (Å²) in [5.74, 6) is 0.150. The van der Waals surface area contributed by atoms with Gasteiger partial charge in [-0.15, -0.1) is 0 Å². The third-order valence-electron chi connectivity index (χ3n) is 3.84. The Morgan fingerprint density at radius 1 is 0.483 bits per heavy atom. The van der Waals surface area contributed by atoms with Crippen LogP contribution in [0.4, 0.5) is 5.82 Å². The molecule has 2 N–H and O–H groups in total. The van der Waals surface area contributed by atoms with Crippen LogP contribution in [0.15, 0.2) is 12.1 Å². The van der Waals surface area contributed by atoms with Gasteiger partial charge in [0.2, 0.25) is 0 Å². The molecule has 0 saturated carbocycles. The van der Waals surface area contributed by atoms with Crippen LogP contribution in [0.2, 0.25) is 50.2 Å². The minimum absolute atomic E-state index is 0.00354. The van der Waals surface area contributed by atoms with Gasteiger partial charge >= 0.3 is 0 Å². The van der Waals surface area contributed by atoms with Crippen molar-refractivity contribution in [2.24, 2.45) is 0 Å². The molecule has 1 aromatic heterocycles. The molecule has 0 aliphatic rings. The summed E-state index contributed by atoms with van der Waals surface area (Å²) >= 11 is 62.6. The lowest BCUT2D eigenvalue weighted by Gasteiger charge is -2.18. The van der Waals surface area contributed by atoms with E-state index in [9.17, 15) is 0 Å². The van der Waals surface area contributed by atoms with Crippen LogP contribution >= 0.6 is 116 Å². The highest BCUT2D eigenvalue weighted by Crippen LogP contribution is 2.53. The molecular formula is C17H4Cl10N2. The number of benzene rings is 2. The van der Waals surface area contributed by atoms with Crippen molar-refractivity contribution in [1.29, 1.82) is 0 Å². The summed E-state index contributed by atoms with van der Waals surface area (Å²) in [4.78, 5) is 4.33. The number of nitrogen functional groups attached to an aromatic ring is 1. The minimum Gasteiger partial charge on any atom is -0.384 e. The van der Waals surface area contributed by atoms with Crippen molar-refractivity contribution in [3.63, 3.8) is 0 Å². The van der Waals surface area contributed by atoms with E-state index in [0.717, 1.165) is 0 Å². The molecule has 0 saturated heterocycles. The molecule has 1 heterocycles. The number of rotatable bonds is 2. The van der Waals surface area contributed by atoms with Crippen molar-refractivity contribution in [1.82, 2.24) is 4.98 Å². The Balaban J connectivity index is 2.50. The number of nitrogens with zero attached hydrogens (tertiary/aromatic N) is 1. The van der Waals surface area contributed by atoms with E-state index in [1.54, 1.807) is 6.07 Å². The SMILES string of the molecule is Nc1ccc(-c2c(Cl)c(Cl)c(Cl)c(Cl)c2Cl)c(-c2c(Cl)c(Cl)c(Cl)c(Cl)c2Cl)n1. The quantitative estimate of drug-likeness (QED) is 0.238. The Morgan fingerprint density at radius 3 is 1.24 bits per heavy atom. The molecule has 0 unspecified atom stereocenters. The minimum atomic E-state index is -0.0164. The average molecular weight is 591 g/mol. The molecule has 3 aromatic rings. The molecule has 0 amide bonds. The van der Waals surface area contributed by atoms with Crippen molar-refractivity contribution >= 4 is 122 Å². The Bertz CT molecular complexity index is 1120. The third-order valence-corrected chi connectivity index (χ3v) is 8.40. The lowest BCUT2D eigenvalue weighted by atomic mass is 9.98. The Kier molecular flexibility index (Phi) is 7.46. The first kappa shape index (κ1) is 23.9. The Hall–Kier alpha value is 0.290. The van der Waals surface area contributed by atoms with Gasteiger partial charge in [-0.1, -0.05) is 116 Å². The highest BCUT2D eigenvalue weighted by atomic mass is 35.5. The topological polar surface area (TPSA) is 38.9 Å². The summed E-state index contributed by atoms with van der Waals surface area (Å²) in [6, 6.07) is 3.11. The van der Waals surface area contributed by atoms with Crippen LogP contribution in [0.5, 0.6) is 0 Å². The van der Waals surface area contributed by atoms with Crippen molar-refractivity contribution in [2.75, 3.05) is 5.73 Å². The maximum atomic E-state index is 6.42. The average Bonchev–Trinajstić information content (AvgIpc) is 2.69. The third kappa shape index (κ3) is 4.07. The maximum Gasteiger partial charge on any atom is 0.124 e. The molecule has 0 aliphatic heterocycles. The highest BCUT2D eigenvalue weighted by molar-refractivity contribution is 6.58. The van der Waals surface area contributed by atoms with E-state index in [1.807, 2.05) is 0 Å². The number of hydrogen-bond donors (Lipinski definition) is 1. The molecule has 152 valence electrons. The standard InChI is InChI=1S/C17H4Cl10N2/c18-7-5(8(19)12(23)15(26)11(7)22)3-1-2-4(28)29-17(3)6-9(20)13(24)16(27)14(25)10(6)21/h1-2H,(H2,28,29). The van der Waals surface area contributed by atoms with Crippen LogP contribution < -0.4 is 5.73 Å². The van der Waals surface area contributed by atoms with Gasteiger partial charge in [0.05, 0.1) is 55.9 Å². The summed E-state index contributed by atoms with van der Waals surface area (Å²) in [7, 11) is 0. The molecule has 2 nitrogen and oxygen atoms in total. The summed E-state index contributed by atoms with van der Waals surface area (Å²) in [6.07, 6.45) is 0. The largest absolute Gasteiger partial charge is 0.384 e. The van der Waals surface area contributed by atoms with Gasteiger partial charge in [-0.25, -0.2) is 4.98 Å². The van der Waals surface area contributed by atoms with E-state index in [-0.39, 0.29) is 72.9 Å². The van der Waals surface area contributed by atoms with Crippen LogP contribution in [-0.4, -0.2) is 4.98 Å². The summed E-state index contributed by atoms with van der Waals surface area (Å²) in [6.45, 7) is 0. The molecule has 0 aliphatic carbocycles. The molecule has 0 radical (unpaired) electrons. The number of anilines is 1. The molecule has 2 aromatic carbocycles. The zero-order valence-corrected chi connectivity index (χ0v) is 21.0. The second kappa shape index (κ2) is 9.03. The van der Waals surface area contributed by atoms with Gasteiger partial charge in [-0.2, -0.15) is 0 Å². The number of nitrogens with two attached hydrogens (primary N) is 1. The number of hydrogen-bond acceptors (Lipinski definition) is 2. The lowest BCUT2D eigenvalue weighted by Crippen LogP contribution is -1.99. The van der Waals surface area contributed by atoms with Crippen molar-refractivity contribution in [3.8, 4) is 22.4 Å². The normalized spacial score (nSPS) is 11.2. The maximum absolute atomic E-state index is 6.42. The Labute approximate surface area is 215 Å². The molecule has 0 bridgehead atoms. The first-order chi connectivity index (χ1) is 13.5. The predicted molar refractivity (Wildman–Crippen MR) is 130 cm³/mol. The molecule has 0 atom stereocenters. The molecule has 0 spiro atoms. The van der Waals surface area contributed by atoms with Gasteiger partial charge in [0, 0.05) is 16.7 Å². The van der Waals surface area contributed by atoms with E-state index in [4.69, 9.17) is 122 Å². The van der Waals surface area contributed by atoms with Crippen LogP contribution in [-0.2, 0) is 0 Å². The second-order valence-electron chi connectivity index (χ2n) is 5.52. The van der Waals surface area contributed by atoms with Gasteiger partial charge in [0.1, 0.15) is 5.82 Å². The fraction of sp³-hybridized carbons (Fsp3) is 0. The van der Waals surface area contributed by atoms with Gasteiger partial charge in [-0.3, -0.25) is 0 Å². The van der Waals surface area contributed by atoms with Crippen molar-refractivity contribution in [2.45, 2.75) is 0 Å². The van der Waals surface area contributed by atoms with Crippen LogP contribution in [0, 0.1) is 0 Å². The number of halogens is 10. The zero-order valence-electron chi connectivity index (χ0n) is 13.5. The number of aromatic nitrogens is 1. The Morgan fingerprint density at radius 2 is 0.828 bits per heavy atom. The van der Waals surface area contributed by atoms with E-state index in [2.05, 4.69) is 4.98 Å². The highest BCUT2D eigenvalue weighted by Gasteiger charge is 2.27. The van der Waals surface area contributed by atoms with Gasteiger partial charge in [0.15, 0.2) is 0 Å². The van der Waals surface area contributed by atoms with E-state index < -0.39 is 0 Å². The molecule has 12 heteroatoms. The summed E-state index contributed by atoms with van der Waals surface area (Å²) in [5.41, 5.74) is 6.83. The smallest absolute Gasteiger partial charge is 0.124 e. The van der Waals surface area contributed by atoms with Crippen molar-refractivity contribution in [3.05, 3.63) is 62.4 Å². The summed E-state index contributed by atoms with van der Waals surface area (Å²) in [5, 5.41) is 0.0587. The fourth-order valence-corrected chi connectivity index (χ4v) is 5.18. The second-order valence-corrected chi connectivity index (χ2v) is 9.30. The van der Waals surface area contributed by atoms with Gasteiger partial charge in [-0.05, 0) is 12.1 Å². The molecule has 0 fully saturated rings. The lowest BCUT2D eigenvalue weighted by molar-refractivity contribution is 1.33. The summed E-state index contributed by atoms with van der Waals surface area (Å²) < 4.78 is 0. The number of pyridine rings is 1. The molecule has 3 rings (SSSR count). The van der Waals surface area contributed by atoms with Crippen LogP contribution in [0.3, 0.4) is 0 Å². The molecule has 29 heavy (non-hydrogen) atoms. The zero-order chi connectivity index (χ0) is 21.8. The first-order valence-electron chi connectivity index (χ1n) is 7.29. The van der Waals surface area contributed by atoms with Crippen molar-refractivity contribution < 1.29 is 0 Å². The monoisotopic (exact) mass is 586 g/mol. The van der Waals surface area contributed by atoms with Gasteiger partial charge < -0.3 is 5.73 Å². The van der Waals surface area contributed by atoms with E-state index >= 15 is 0 Å². The van der Waals surface area contributed by atoms with Gasteiger partial charge in [0.25, 0.3) is 0 Å². The van der Waals surface area contributed by atoms with E-state index in [1.165, 1.54) is 6.07 Å². The predicted octanol–water partition coefficient (Wildman–Crippen LogP) is 10.5.